The minimum Gasteiger partial charge on any atom is -0.351 e. The van der Waals surface area contributed by atoms with Crippen LogP contribution < -0.4 is 11.3 Å². The van der Waals surface area contributed by atoms with Crippen LogP contribution >= 0.6 is 11.3 Å². The summed E-state index contributed by atoms with van der Waals surface area (Å²) in [4.78, 5) is 2.38. The van der Waals surface area contributed by atoms with Crippen LogP contribution in [0.1, 0.15) is 29.6 Å². The van der Waals surface area contributed by atoms with Crippen LogP contribution in [0.2, 0.25) is 0 Å². The number of rotatable bonds is 7. The van der Waals surface area contributed by atoms with E-state index in [1.54, 1.807) is 11.3 Å². The molecule has 0 saturated heterocycles. The van der Waals surface area contributed by atoms with Gasteiger partial charge in [-0.3, -0.25) is 5.84 Å². The van der Waals surface area contributed by atoms with Gasteiger partial charge in [-0.2, -0.15) is 0 Å². The lowest BCUT2D eigenvalue weighted by Gasteiger charge is -2.25. The summed E-state index contributed by atoms with van der Waals surface area (Å²) in [7, 11) is 0. The van der Waals surface area contributed by atoms with Gasteiger partial charge in [0.15, 0.2) is 6.29 Å². The molecule has 92 valence electrons. The molecule has 0 aliphatic heterocycles. The van der Waals surface area contributed by atoms with Gasteiger partial charge in [0.25, 0.3) is 0 Å². The van der Waals surface area contributed by atoms with Crippen molar-refractivity contribution >= 4 is 11.3 Å². The van der Waals surface area contributed by atoms with Gasteiger partial charge in [0.2, 0.25) is 0 Å². The van der Waals surface area contributed by atoms with Crippen molar-refractivity contribution in [2.75, 3.05) is 13.2 Å². The molecule has 0 bridgehead atoms. The SMILES string of the molecule is CCOC(OCC)C(NN)c1ccc(C)s1. The number of ether oxygens (including phenoxy) is 2. The molecule has 0 fully saturated rings. The van der Waals surface area contributed by atoms with Crippen LogP contribution in [-0.2, 0) is 9.47 Å². The highest BCUT2D eigenvalue weighted by molar-refractivity contribution is 7.12. The molecule has 1 unspecified atom stereocenters. The second kappa shape index (κ2) is 6.98. The first-order valence-corrected chi connectivity index (χ1v) is 6.30. The van der Waals surface area contributed by atoms with Gasteiger partial charge in [-0.15, -0.1) is 11.3 Å². The van der Waals surface area contributed by atoms with E-state index in [4.69, 9.17) is 15.3 Å². The van der Waals surface area contributed by atoms with E-state index >= 15 is 0 Å². The van der Waals surface area contributed by atoms with Gasteiger partial charge < -0.3 is 9.47 Å². The highest BCUT2D eigenvalue weighted by atomic mass is 32.1. The largest absolute Gasteiger partial charge is 0.351 e. The molecule has 0 saturated carbocycles. The predicted molar refractivity (Wildman–Crippen MR) is 66.2 cm³/mol. The van der Waals surface area contributed by atoms with Gasteiger partial charge in [0, 0.05) is 23.0 Å². The van der Waals surface area contributed by atoms with E-state index in [-0.39, 0.29) is 12.3 Å². The molecule has 0 aliphatic rings. The molecule has 0 radical (unpaired) electrons. The van der Waals surface area contributed by atoms with Gasteiger partial charge in [0.05, 0.1) is 0 Å². The van der Waals surface area contributed by atoms with Crippen LogP contribution in [0.25, 0.3) is 0 Å². The molecule has 0 amide bonds. The highest BCUT2D eigenvalue weighted by Crippen LogP contribution is 2.26. The van der Waals surface area contributed by atoms with Crippen molar-refractivity contribution in [3.8, 4) is 0 Å². The number of hydrogen-bond donors (Lipinski definition) is 2. The Labute approximate surface area is 101 Å². The number of nitrogens with one attached hydrogen (secondary N) is 1. The fraction of sp³-hybridized carbons (Fsp3) is 0.636. The van der Waals surface area contributed by atoms with Gasteiger partial charge in [-0.1, -0.05) is 0 Å². The first-order chi connectivity index (χ1) is 7.72. The normalized spacial score (nSPS) is 13.3. The Kier molecular flexibility index (Phi) is 5.94. The van der Waals surface area contributed by atoms with Crippen LogP contribution in [0.15, 0.2) is 12.1 Å². The zero-order valence-electron chi connectivity index (χ0n) is 10.0. The van der Waals surface area contributed by atoms with Crippen molar-refractivity contribution in [2.45, 2.75) is 33.1 Å². The van der Waals surface area contributed by atoms with Gasteiger partial charge in [-0.05, 0) is 32.9 Å². The average molecular weight is 244 g/mol. The number of nitrogens with two attached hydrogens (primary N) is 1. The van der Waals surface area contributed by atoms with Crippen molar-refractivity contribution in [3.63, 3.8) is 0 Å². The molecule has 4 nitrogen and oxygen atoms in total. The fourth-order valence-corrected chi connectivity index (χ4v) is 2.43. The maximum atomic E-state index is 5.57. The van der Waals surface area contributed by atoms with Crippen molar-refractivity contribution in [3.05, 3.63) is 21.9 Å². The maximum absolute atomic E-state index is 5.57. The summed E-state index contributed by atoms with van der Waals surface area (Å²) >= 11 is 1.70. The third-order valence-corrected chi connectivity index (χ3v) is 3.27. The van der Waals surface area contributed by atoms with Crippen LogP contribution in [0.4, 0.5) is 0 Å². The second-order valence-corrected chi connectivity index (χ2v) is 4.69. The first kappa shape index (κ1) is 13.6. The lowest BCUT2D eigenvalue weighted by atomic mass is 10.2. The van der Waals surface area contributed by atoms with Crippen molar-refractivity contribution in [1.29, 1.82) is 0 Å². The van der Waals surface area contributed by atoms with Gasteiger partial charge in [-0.25, -0.2) is 5.43 Å². The smallest absolute Gasteiger partial charge is 0.178 e. The Hall–Kier alpha value is -0.460. The Morgan fingerprint density at radius 3 is 2.31 bits per heavy atom. The molecule has 5 heteroatoms. The third-order valence-electron chi connectivity index (χ3n) is 2.18. The predicted octanol–water partition coefficient (Wildman–Crippen LogP) is 1.96. The van der Waals surface area contributed by atoms with E-state index < -0.39 is 0 Å². The van der Waals surface area contributed by atoms with Crippen LogP contribution in [0.3, 0.4) is 0 Å². The third kappa shape index (κ3) is 3.54. The molecular formula is C11H20N2O2S. The zero-order valence-corrected chi connectivity index (χ0v) is 10.8. The summed E-state index contributed by atoms with van der Waals surface area (Å²) in [6, 6.07) is 4.01. The molecule has 1 heterocycles. The fourth-order valence-electron chi connectivity index (χ4n) is 1.48. The number of hydrogen-bond acceptors (Lipinski definition) is 5. The molecule has 3 N–H and O–H groups in total. The summed E-state index contributed by atoms with van der Waals surface area (Å²) in [6.45, 7) is 7.16. The van der Waals surface area contributed by atoms with Crippen LogP contribution in [-0.4, -0.2) is 19.5 Å². The Morgan fingerprint density at radius 1 is 1.31 bits per heavy atom. The summed E-state index contributed by atoms with van der Waals surface area (Å²) in [6.07, 6.45) is -0.335. The molecular weight excluding hydrogens is 224 g/mol. The standard InChI is InChI=1S/C11H20N2O2S/c1-4-14-11(15-5-2)10(13-12)9-7-6-8(3)16-9/h6-7,10-11,13H,4-5,12H2,1-3H3. The average Bonchev–Trinajstić information content (AvgIpc) is 2.67. The summed E-state index contributed by atoms with van der Waals surface area (Å²) < 4.78 is 11.1. The number of aryl methyl sites for hydroxylation is 1. The lowest BCUT2D eigenvalue weighted by Crippen LogP contribution is -2.39. The molecule has 1 rings (SSSR count). The van der Waals surface area contributed by atoms with Crippen LogP contribution in [0, 0.1) is 6.92 Å². The topological polar surface area (TPSA) is 56.5 Å². The molecule has 0 aliphatic carbocycles. The molecule has 16 heavy (non-hydrogen) atoms. The molecule has 1 aromatic heterocycles. The van der Waals surface area contributed by atoms with Gasteiger partial charge >= 0.3 is 0 Å². The van der Waals surface area contributed by atoms with E-state index in [0.717, 1.165) is 4.88 Å². The maximum Gasteiger partial charge on any atom is 0.178 e. The monoisotopic (exact) mass is 244 g/mol. The molecule has 1 aromatic rings. The van der Waals surface area contributed by atoms with E-state index in [1.807, 2.05) is 13.8 Å². The van der Waals surface area contributed by atoms with Crippen LogP contribution in [0.5, 0.6) is 0 Å². The Bertz CT molecular complexity index is 298. The molecule has 0 spiro atoms. The van der Waals surface area contributed by atoms with E-state index in [9.17, 15) is 0 Å². The second-order valence-electron chi connectivity index (χ2n) is 3.37. The first-order valence-electron chi connectivity index (χ1n) is 5.48. The van der Waals surface area contributed by atoms with E-state index in [1.165, 1.54) is 4.88 Å². The van der Waals surface area contributed by atoms with Gasteiger partial charge in [0.1, 0.15) is 6.04 Å². The minimum absolute atomic E-state index is 0.112. The van der Waals surface area contributed by atoms with Crippen molar-refractivity contribution < 1.29 is 9.47 Å². The number of thiophene rings is 1. The zero-order chi connectivity index (χ0) is 12.0. The van der Waals surface area contributed by atoms with E-state index in [2.05, 4.69) is 24.5 Å². The summed E-state index contributed by atoms with van der Waals surface area (Å²) in [5, 5.41) is 0. The minimum atomic E-state index is -0.335. The highest BCUT2D eigenvalue weighted by Gasteiger charge is 2.24. The summed E-state index contributed by atoms with van der Waals surface area (Å²) in [5.41, 5.74) is 2.76. The van der Waals surface area contributed by atoms with E-state index in [0.29, 0.717) is 13.2 Å². The Balaban J connectivity index is 2.76. The molecule has 0 aromatic carbocycles. The van der Waals surface area contributed by atoms with Crippen molar-refractivity contribution in [1.82, 2.24) is 5.43 Å². The summed E-state index contributed by atoms with van der Waals surface area (Å²) in [5.74, 6) is 5.57. The Morgan fingerprint density at radius 2 is 1.94 bits per heavy atom. The quantitative estimate of drug-likeness (QED) is 0.437. The number of hydrazine groups is 1. The van der Waals surface area contributed by atoms with Crippen molar-refractivity contribution in [2.24, 2.45) is 5.84 Å². The lowest BCUT2D eigenvalue weighted by molar-refractivity contribution is -0.154. The molecule has 1 atom stereocenters.